The second-order valence-electron chi connectivity index (χ2n) is 6.43. The minimum atomic E-state index is -0.135. The molecule has 26 heavy (non-hydrogen) atoms. The fourth-order valence-corrected chi connectivity index (χ4v) is 3.01. The van der Waals surface area contributed by atoms with E-state index in [1.807, 2.05) is 68.4 Å². The summed E-state index contributed by atoms with van der Waals surface area (Å²) in [6, 6.07) is 17.6. The third kappa shape index (κ3) is 3.14. The predicted molar refractivity (Wildman–Crippen MR) is 99.0 cm³/mol. The second kappa shape index (κ2) is 6.78. The van der Waals surface area contributed by atoms with E-state index in [1.54, 1.807) is 0 Å². The normalized spacial score (nSPS) is 12.6. The van der Waals surface area contributed by atoms with Crippen LogP contribution in [0, 0.1) is 6.92 Å². The molecule has 4 rings (SSSR count). The summed E-state index contributed by atoms with van der Waals surface area (Å²) in [4.78, 5) is 4.63. The molecule has 0 saturated carbocycles. The first-order valence-corrected chi connectivity index (χ1v) is 8.58. The number of hydrogen-bond donors (Lipinski definition) is 2. The van der Waals surface area contributed by atoms with Crippen molar-refractivity contribution >= 4 is 11.0 Å². The van der Waals surface area contributed by atoms with Crippen LogP contribution in [0.15, 0.2) is 63.4 Å². The zero-order chi connectivity index (χ0) is 18.1. The molecule has 1 unspecified atom stereocenters. The van der Waals surface area contributed by atoms with Gasteiger partial charge in [0.05, 0.1) is 18.2 Å². The number of aromatic nitrogens is 1. The molecule has 0 bridgehead atoms. The Morgan fingerprint density at radius 1 is 1.08 bits per heavy atom. The zero-order valence-corrected chi connectivity index (χ0v) is 14.7. The Morgan fingerprint density at radius 3 is 2.65 bits per heavy atom. The average molecular weight is 348 g/mol. The maximum Gasteiger partial charge on any atom is 0.226 e. The lowest BCUT2D eigenvalue weighted by Gasteiger charge is -2.08. The summed E-state index contributed by atoms with van der Waals surface area (Å²) < 4.78 is 11.8. The third-order valence-electron chi connectivity index (χ3n) is 4.54. The van der Waals surface area contributed by atoms with Crippen LogP contribution in [0.25, 0.3) is 22.4 Å². The molecule has 5 nitrogen and oxygen atoms in total. The van der Waals surface area contributed by atoms with Crippen LogP contribution in [0.5, 0.6) is 0 Å². The van der Waals surface area contributed by atoms with Crippen molar-refractivity contribution < 1.29 is 14.0 Å². The smallest absolute Gasteiger partial charge is 0.226 e. The topological polar surface area (TPSA) is 71.4 Å². The van der Waals surface area contributed by atoms with Crippen LogP contribution in [0.4, 0.5) is 0 Å². The maximum atomic E-state index is 9.10. The van der Waals surface area contributed by atoms with Crippen LogP contribution in [-0.4, -0.2) is 10.2 Å². The first-order valence-electron chi connectivity index (χ1n) is 8.58. The zero-order valence-electron chi connectivity index (χ0n) is 14.7. The number of hydroxylamine groups is 1. The van der Waals surface area contributed by atoms with E-state index >= 15 is 0 Å². The molecule has 0 spiro atoms. The average Bonchev–Trinajstić information content (AvgIpc) is 3.24. The number of furan rings is 1. The van der Waals surface area contributed by atoms with Crippen molar-refractivity contribution in [3.05, 3.63) is 77.4 Å². The molecule has 0 aliphatic heterocycles. The van der Waals surface area contributed by atoms with Crippen LogP contribution in [0.3, 0.4) is 0 Å². The summed E-state index contributed by atoms with van der Waals surface area (Å²) in [5, 5.41) is 10.1. The van der Waals surface area contributed by atoms with E-state index in [1.165, 1.54) is 0 Å². The maximum absolute atomic E-state index is 9.10. The number of benzene rings is 2. The van der Waals surface area contributed by atoms with Gasteiger partial charge in [0.2, 0.25) is 5.89 Å². The van der Waals surface area contributed by atoms with Crippen molar-refractivity contribution in [2.75, 3.05) is 0 Å². The number of nitrogens with zero attached hydrogens (tertiary/aromatic N) is 1. The van der Waals surface area contributed by atoms with E-state index in [0.29, 0.717) is 12.3 Å². The van der Waals surface area contributed by atoms with Crippen molar-refractivity contribution in [3.8, 4) is 11.5 Å². The fraction of sp³-hybridized carbons (Fsp3) is 0.190. The molecule has 0 amide bonds. The monoisotopic (exact) mass is 348 g/mol. The third-order valence-corrected chi connectivity index (χ3v) is 4.54. The predicted octanol–water partition coefficient (Wildman–Crippen LogP) is 5.03. The number of rotatable bonds is 5. The van der Waals surface area contributed by atoms with Crippen molar-refractivity contribution in [3.63, 3.8) is 0 Å². The fourth-order valence-electron chi connectivity index (χ4n) is 3.01. The highest BCUT2D eigenvalue weighted by Crippen LogP contribution is 2.27. The van der Waals surface area contributed by atoms with E-state index in [4.69, 9.17) is 14.0 Å². The van der Waals surface area contributed by atoms with E-state index in [-0.39, 0.29) is 6.04 Å². The van der Waals surface area contributed by atoms with Gasteiger partial charge in [-0.1, -0.05) is 24.3 Å². The van der Waals surface area contributed by atoms with Crippen molar-refractivity contribution in [2.24, 2.45) is 0 Å². The molecule has 0 fully saturated rings. The summed E-state index contributed by atoms with van der Waals surface area (Å²) in [5.41, 5.74) is 5.91. The highest BCUT2D eigenvalue weighted by atomic mass is 16.5. The van der Waals surface area contributed by atoms with E-state index < -0.39 is 0 Å². The molecule has 0 aliphatic rings. The van der Waals surface area contributed by atoms with Gasteiger partial charge >= 0.3 is 0 Å². The Morgan fingerprint density at radius 2 is 1.88 bits per heavy atom. The molecule has 132 valence electrons. The highest BCUT2D eigenvalue weighted by Gasteiger charge is 2.15. The summed E-state index contributed by atoms with van der Waals surface area (Å²) in [6.07, 6.45) is 0.569. The molecule has 2 aromatic heterocycles. The summed E-state index contributed by atoms with van der Waals surface area (Å²) in [5.74, 6) is 2.25. The van der Waals surface area contributed by atoms with Gasteiger partial charge < -0.3 is 14.0 Å². The van der Waals surface area contributed by atoms with Crippen LogP contribution in [0.1, 0.15) is 35.7 Å². The van der Waals surface area contributed by atoms with Gasteiger partial charge in [0, 0.05) is 10.9 Å². The van der Waals surface area contributed by atoms with Gasteiger partial charge in [-0.05, 0) is 49.7 Å². The number of aryl methyl sites for hydroxylation is 1. The first-order chi connectivity index (χ1) is 12.6. The van der Waals surface area contributed by atoms with Crippen LogP contribution >= 0.6 is 0 Å². The van der Waals surface area contributed by atoms with Crippen molar-refractivity contribution in [1.82, 2.24) is 10.5 Å². The van der Waals surface area contributed by atoms with Gasteiger partial charge in [-0.15, -0.1) is 0 Å². The van der Waals surface area contributed by atoms with Gasteiger partial charge in [0.15, 0.2) is 0 Å². The number of oxazole rings is 1. The minimum absolute atomic E-state index is 0.135. The quantitative estimate of drug-likeness (QED) is 0.495. The molecule has 0 radical (unpaired) electrons. The molecule has 2 N–H and O–H groups in total. The minimum Gasteiger partial charge on any atom is -0.461 e. The number of hydrogen-bond acceptors (Lipinski definition) is 5. The Labute approximate surface area is 151 Å². The molecular weight excluding hydrogens is 328 g/mol. The second-order valence-corrected chi connectivity index (χ2v) is 6.43. The molecule has 2 aromatic carbocycles. The number of nitrogens with one attached hydrogen (secondary N) is 1. The van der Waals surface area contributed by atoms with E-state index in [9.17, 15) is 0 Å². The van der Waals surface area contributed by atoms with Gasteiger partial charge in [-0.25, -0.2) is 4.98 Å². The molecule has 0 aliphatic carbocycles. The van der Waals surface area contributed by atoms with Gasteiger partial charge in [-0.2, -0.15) is 5.48 Å². The Hall–Kier alpha value is -2.89. The van der Waals surface area contributed by atoms with Gasteiger partial charge in [0.25, 0.3) is 0 Å². The highest BCUT2D eigenvalue weighted by molar-refractivity contribution is 5.79. The summed E-state index contributed by atoms with van der Waals surface area (Å²) in [7, 11) is 0. The van der Waals surface area contributed by atoms with Gasteiger partial charge in [-0.3, -0.25) is 0 Å². The van der Waals surface area contributed by atoms with Crippen molar-refractivity contribution in [2.45, 2.75) is 26.3 Å². The van der Waals surface area contributed by atoms with Gasteiger partial charge in [0.1, 0.15) is 17.1 Å². The SMILES string of the molecule is Cc1oc(-c2ccccc2)nc1Cc1cc2cc(C(C)NO)ccc2o1. The van der Waals surface area contributed by atoms with Crippen LogP contribution in [0.2, 0.25) is 0 Å². The standard InChI is InChI=1S/C21H20N2O3/c1-13(23-24)16-8-9-20-17(10-16)11-18(26-20)12-19-14(2)25-21(22-19)15-6-4-3-5-7-15/h3-11,13,23-24H,12H2,1-2H3. The molecule has 4 aromatic rings. The Kier molecular flexibility index (Phi) is 4.32. The van der Waals surface area contributed by atoms with E-state index in [0.717, 1.165) is 39.3 Å². The van der Waals surface area contributed by atoms with Crippen LogP contribution in [-0.2, 0) is 6.42 Å². The first kappa shape index (κ1) is 16.6. The molecule has 0 saturated heterocycles. The Balaban J connectivity index is 1.62. The largest absolute Gasteiger partial charge is 0.461 e. The number of fused-ring (bicyclic) bond motifs is 1. The molecule has 5 heteroatoms. The lowest BCUT2D eigenvalue weighted by atomic mass is 10.1. The Bertz CT molecular complexity index is 1030. The lowest BCUT2D eigenvalue weighted by Crippen LogP contribution is -2.12. The van der Waals surface area contributed by atoms with E-state index in [2.05, 4.69) is 10.5 Å². The molecule has 2 heterocycles. The van der Waals surface area contributed by atoms with Crippen molar-refractivity contribution in [1.29, 1.82) is 0 Å². The summed E-state index contributed by atoms with van der Waals surface area (Å²) in [6.45, 7) is 3.82. The summed E-state index contributed by atoms with van der Waals surface area (Å²) >= 11 is 0. The molecule has 1 atom stereocenters. The van der Waals surface area contributed by atoms with Crippen LogP contribution < -0.4 is 5.48 Å². The lowest BCUT2D eigenvalue weighted by molar-refractivity contribution is 0.133. The molecular formula is C21H20N2O3.